The first kappa shape index (κ1) is 8.10. The molecule has 0 fully saturated rings. The summed E-state index contributed by atoms with van der Waals surface area (Å²) in [6.45, 7) is 0. The smallest absolute Gasteiger partial charge is 0.262 e. The van der Waals surface area contributed by atoms with Gasteiger partial charge in [0, 0.05) is 12.4 Å². The monoisotopic (exact) mass is 184 g/mol. The van der Waals surface area contributed by atoms with E-state index >= 15 is 0 Å². The Morgan fingerprint density at radius 1 is 1.54 bits per heavy atom. The lowest BCUT2D eigenvalue weighted by molar-refractivity contribution is 0.0805. The van der Waals surface area contributed by atoms with E-state index in [-0.39, 0.29) is 5.56 Å². The standard InChI is InChI=1S/C8H6F2N2O/c9-7(10)6-4-1-2-11-3-5(4)8(13)12-6/h1-3,6-7H,(H,12,13). The Hall–Kier alpha value is -1.52. The highest BCUT2D eigenvalue weighted by Crippen LogP contribution is 2.28. The van der Waals surface area contributed by atoms with Crippen molar-refractivity contribution < 1.29 is 13.6 Å². The van der Waals surface area contributed by atoms with Crippen LogP contribution in [0.4, 0.5) is 8.78 Å². The zero-order valence-corrected chi connectivity index (χ0v) is 6.50. The Morgan fingerprint density at radius 3 is 3.00 bits per heavy atom. The molecule has 1 N–H and O–H groups in total. The van der Waals surface area contributed by atoms with Crippen LogP contribution < -0.4 is 5.32 Å². The maximum atomic E-state index is 12.4. The molecule has 0 aliphatic carbocycles. The van der Waals surface area contributed by atoms with Crippen molar-refractivity contribution in [1.29, 1.82) is 0 Å². The van der Waals surface area contributed by atoms with Crippen molar-refractivity contribution in [2.24, 2.45) is 0 Å². The molecular formula is C8H6F2N2O. The van der Waals surface area contributed by atoms with Crippen LogP contribution in [0.15, 0.2) is 18.5 Å². The lowest BCUT2D eigenvalue weighted by Crippen LogP contribution is -2.24. The van der Waals surface area contributed by atoms with Crippen LogP contribution in [0.25, 0.3) is 0 Å². The molecule has 1 aliphatic rings. The van der Waals surface area contributed by atoms with Crippen LogP contribution in [0, 0.1) is 0 Å². The van der Waals surface area contributed by atoms with Gasteiger partial charge < -0.3 is 5.32 Å². The van der Waals surface area contributed by atoms with Crippen molar-refractivity contribution in [1.82, 2.24) is 10.3 Å². The predicted octanol–water partition coefficient (Wildman–Crippen LogP) is 1.13. The van der Waals surface area contributed by atoms with E-state index in [2.05, 4.69) is 10.3 Å². The molecule has 0 saturated heterocycles. The lowest BCUT2D eigenvalue weighted by atomic mass is 10.1. The van der Waals surface area contributed by atoms with Crippen LogP contribution >= 0.6 is 0 Å². The quantitative estimate of drug-likeness (QED) is 0.710. The van der Waals surface area contributed by atoms with Crippen molar-refractivity contribution in [3.05, 3.63) is 29.6 Å². The van der Waals surface area contributed by atoms with Gasteiger partial charge in [-0.1, -0.05) is 0 Å². The minimum atomic E-state index is -2.58. The fourth-order valence-electron chi connectivity index (χ4n) is 1.36. The topological polar surface area (TPSA) is 42.0 Å². The Labute approximate surface area is 72.8 Å². The predicted molar refractivity (Wildman–Crippen MR) is 40.4 cm³/mol. The number of pyridine rings is 1. The Bertz CT molecular complexity index is 354. The first-order chi connectivity index (χ1) is 6.20. The molecule has 0 bridgehead atoms. The van der Waals surface area contributed by atoms with Crippen LogP contribution in [0.5, 0.6) is 0 Å². The van der Waals surface area contributed by atoms with Crippen molar-refractivity contribution in [2.45, 2.75) is 12.5 Å². The van der Waals surface area contributed by atoms with Crippen molar-refractivity contribution in [3.8, 4) is 0 Å². The zero-order chi connectivity index (χ0) is 9.42. The molecule has 68 valence electrons. The van der Waals surface area contributed by atoms with Gasteiger partial charge in [-0.2, -0.15) is 0 Å². The number of amides is 1. The number of nitrogens with one attached hydrogen (secondary N) is 1. The number of hydrogen-bond donors (Lipinski definition) is 1. The summed E-state index contributed by atoms with van der Waals surface area (Å²) >= 11 is 0. The molecule has 0 saturated carbocycles. The number of alkyl halides is 2. The molecule has 2 rings (SSSR count). The summed E-state index contributed by atoms with van der Waals surface area (Å²) in [7, 11) is 0. The summed E-state index contributed by atoms with van der Waals surface area (Å²) in [5, 5.41) is 2.19. The maximum Gasteiger partial charge on any atom is 0.262 e. The summed E-state index contributed by atoms with van der Waals surface area (Å²) in [5.41, 5.74) is 0.572. The molecule has 0 radical (unpaired) electrons. The van der Waals surface area contributed by atoms with Gasteiger partial charge in [0.1, 0.15) is 6.04 Å². The van der Waals surface area contributed by atoms with Crippen molar-refractivity contribution in [2.75, 3.05) is 0 Å². The molecule has 1 atom stereocenters. The number of hydrogen-bond acceptors (Lipinski definition) is 2. The lowest BCUT2D eigenvalue weighted by Gasteiger charge is -2.08. The number of fused-ring (bicyclic) bond motifs is 1. The third-order valence-corrected chi connectivity index (χ3v) is 1.97. The highest BCUT2D eigenvalue weighted by molar-refractivity contribution is 5.98. The molecule has 5 heteroatoms. The molecule has 1 aliphatic heterocycles. The molecule has 1 aromatic heterocycles. The van der Waals surface area contributed by atoms with Gasteiger partial charge in [0.2, 0.25) is 0 Å². The van der Waals surface area contributed by atoms with Crippen LogP contribution in [0.2, 0.25) is 0 Å². The summed E-state index contributed by atoms with van der Waals surface area (Å²) in [5.74, 6) is -0.478. The summed E-state index contributed by atoms with van der Waals surface area (Å²) in [4.78, 5) is 14.8. The van der Waals surface area contributed by atoms with E-state index in [4.69, 9.17) is 0 Å². The minimum absolute atomic E-state index is 0.243. The normalized spacial score (nSPS) is 20.2. The Morgan fingerprint density at radius 2 is 2.31 bits per heavy atom. The second kappa shape index (κ2) is 2.76. The third kappa shape index (κ3) is 1.16. The van der Waals surface area contributed by atoms with Crippen LogP contribution in [-0.4, -0.2) is 17.3 Å². The molecule has 0 spiro atoms. The highest BCUT2D eigenvalue weighted by Gasteiger charge is 2.34. The molecule has 2 heterocycles. The number of carbonyl (C=O) groups is 1. The maximum absolute atomic E-state index is 12.4. The van der Waals surface area contributed by atoms with E-state index in [1.807, 2.05) is 0 Å². The van der Waals surface area contributed by atoms with E-state index in [1.54, 1.807) is 0 Å². The summed E-state index contributed by atoms with van der Waals surface area (Å²) < 4.78 is 24.7. The van der Waals surface area contributed by atoms with E-state index in [9.17, 15) is 13.6 Å². The molecule has 0 aromatic carbocycles. The fraction of sp³-hybridized carbons (Fsp3) is 0.250. The van der Waals surface area contributed by atoms with E-state index in [0.717, 1.165) is 0 Å². The summed E-state index contributed by atoms with van der Waals surface area (Å²) in [6.07, 6.45) is 0.120. The van der Waals surface area contributed by atoms with Gasteiger partial charge >= 0.3 is 0 Å². The van der Waals surface area contributed by atoms with Gasteiger partial charge in [-0.05, 0) is 11.6 Å². The van der Waals surface area contributed by atoms with E-state index < -0.39 is 18.4 Å². The van der Waals surface area contributed by atoms with Gasteiger partial charge in [0.25, 0.3) is 12.3 Å². The van der Waals surface area contributed by atoms with Gasteiger partial charge in [-0.25, -0.2) is 8.78 Å². The second-order valence-electron chi connectivity index (χ2n) is 2.75. The SMILES string of the molecule is O=C1NC(C(F)F)c2ccncc21. The Kier molecular flexibility index (Phi) is 1.72. The zero-order valence-electron chi connectivity index (χ0n) is 6.50. The third-order valence-electron chi connectivity index (χ3n) is 1.97. The van der Waals surface area contributed by atoms with Crippen LogP contribution in [0.3, 0.4) is 0 Å². The number of nitrogens with zero attached hydrogens (tertiary/aromatic N) is 1. The van der Waals surface area contributed by atoms with Crippen molar-refractivity contribution in [3.63, 3.8) is 0 Å². The number of rotatable bonds is 1. The van der Waals surface area contributed by atoms with E-state index in [0.29, 0.717) is 5.56 Å². The molecule has 1 amide bonds. The molecular weight excluding hydrogens is 178 g/mol. The average Bonchev–Trinajstić information content (AvgIpc) is 2.45. The van der Waals surface area contributed by atoms with E-state index in [1.165, 1.54) is 18.5 Å². The first-order valence-electron chi connectivity index (χ1n) is 3.73. The molecule has 3 nitrogen and oxygen atoms in total. The van der Waals surface area contributed by atoms with Gasteiger partial charge in [-0.15, -0.1) is 0 Å². The highest BCUT2D eigenvalue weighted by atomic mass is 19.3. The van der Waals surface area contributed by atoms with Crippen LogP contribution in [-0.2, 0) is 0 Å². The second-order valence-corrected chi connectivity index (χ2v) is 2.75. The average molecular weight is 184 g/mol. The van der Waals surface area contributed by atoms with Gasteiger partial charge in [0.15, 0.2) is 0 Å². The number of halogens is 2. The molecule has 1 unspecified atom stereocenters. The Balaban J connectivity index is 2.47. The summed E-state index contributed by atoms with van der Waals surface area (Å²) in [6, 6.07) is 0.259. The van der Waals surface area contributed by atoms with Crippen LogP contribution in [0.1, 0.15) is 22.0 Å². The largest absolute Gasteiger partial charge is 0.339 e. The molecule has 1 aromatic rings. The number of aromatic nitrogens is 1. The van der Waals surface area contributed by atoms with Gasteiger partial charge in [-0.3, -0.25) is 9.78 Å². The fourth-order valence-corrected chi connectivity index (χ4v) is 1.36. The minimum Gasteiger partial charge on any atom is -0.339 e. The van der Waals surface area contributed by atoms with Crippen molar-refractivity contribution >= 4 is 5.91 Å². The first-order valence-corrected chi connectivity index (χ1v) is 3.73. The number of carbonyl (C=O) groups excluding carboxylic acids is 1. The molecule has 13 heavy (non-hydrogen) atoms. The van der Waals surface area contributed by atoms with Gasteiger partial charge in [0.05, 0.1) is 5.56 Å².